The summed E-state index contributed by atoms with van der Waals surface area (Å²) in [6.45, 7) is 4.01. The van der Waals surface area contributed by atoms with E-state index in [9.17, 15) is 0 Å². The molecule has 2 N–H and O–H groups in total. The molecule has 0 unspecified atom stereocenters. The quantitative estimate of drug-likeness (QED) is 0.785. The Kier molecular flexibility index (Phi) is 8.00. The molecule has 2 rings (SSSR count). The molecule has 0 spiro atoms. The van der Waals surface area contributed by atoms with Crippen molar-refractivity contribution in [2.24, 2.45) is 11.7 Å². The predicted octanol–water partition coefficient (Wildman–Crippen LogP) is 3.39. The van der Waals surface area contributed by atoms with E-state index in [1.54, 1.807) is 0 Å². The Morgan fingerprint density at radius 1 is 1.30 bits per heavy atom. The zero-order valence-electron chi connectivity index (χ0n) is 12.5. The largest absolute Gasteiger partial charge is 0.490 e. The van der Waals surface area contributed by atoms with Gasteiger partial charge < -0.3 is 10.5 Å². The maximum atomic E-state index is 5.93. The molecule has 20 heavy (non-hydrogen) atoms. The molecule has 1 aliphatic rings. The van der Waals surface area contributed by atoms with Crippen LogP contribution in [0.2, 0.25) is 0 Å². The first kappa shape index (κ1) is 17.3. The zero-order valence-corrected chi connectivity index (χ0v) is 13.3. The van der Waals surface area contributed by atoms with Crippen LogP contribution in [-0.4, -0.2) is 22.4 Å². The van der Waals surface area contributed by atoms with Gasteiger partial charge in [0.15, 0.2) is 5.75 Å². The fourth-order valence-electron chi connectivity index (χ4n) is 2.70. The van der Waals surface area contributed by atoms with Gasteiger partial charge in [-0.1, -0.05) is 19.8 Å². The third kappa shape index (κ3) is 5.71. The zero-order chi connectivity index (χ0) is 13.5. The minimum atomic E-state index is 0. The van der Waals surface area contributed by atoms with Crippen molar-refractivity contribution >= 4 is 12.4 Å². The molecule has 1 aliphatic carbocycles. The Bertz CT molecular complexity index is 362. The van der Waals surface area contributed by atoms with Crippen molar-refractivity contribution < 1.29 is 4.74 Å². The Morgan fingerprint density at radius 3 is 2.75 bits per heavy atom. The van der Waals surface area contributed by atoms with Crippen molar-refractivity contribution in [3.05, 3.63) is 12.4 Å². The standard InChI is InChI=1S/C15H27N3O.ClH/c1-2-3-4-9-19-15-10-17-18(12-15)11-13-5-7-14(16)8-6-13;/h10,12-14H,2-9,11,16H2,1H3;1H. The van der Waals surface area contributed by atoms with Crippen LogP contribution < -0.4 is 10.5 Å². The maximum Gasteiger partial charge on any atom is 0.157 e. The Balaban J connectivity index is 0.00000200. The first-order chi connectivity index (χ1) is 9.28. The molecule has 0 saturated heterocycles. The van der Waals surface area contributed by atoms with E-state index in [0.717, 1.165) is 44.1 Å². The Labute approximate surface area is 128 Å². The van der Waals surface area contributed by atoms with Crippen molar-refractivity contribution in [3.63, 3.8) is 0 Å². The van der Waals surface area contributed by atoms with E-state index in [1.807, 2.05) is 17.1 Å². The number of aromatic nitrogens is 2. The van der Waals surface area contributed by atoms with Crippen LogP contribution in [-0.2, 0) is 6.54 Å². The number of nitrogens with zero attached hydrogens (tertiary/aromatic N) is 2. The van der Waals surface area contributed by atoms with Gasteiger partial charge in [0.05, 0.1) is 19.0 Å². The highest BCUT2D eigenvalue weighted by Crippen LogP contribution is 2.24. The first-order valence-electron chi connectivity index (χ1n) is 7.68. The molecule has 0 atom stereocenters. The fourth-order valence-corrected chi connectivity index (χ4v) is 2.70. The number of ether oxygens (including phenoxy) is 1. The van der Waals surface area contributed by atoms with Crippen molar-refractivity contribution in [2.75, 3.05) is 6.61 Å². The number of nitrogens with two attached hydrogens (primary N) is 1. The van der Waals surface area contributed by atoms with Crippen molar-refractivity contribution in [3.8, 4) is 5.75 Å². The van der Waals surface area contributed by atoms with Gasteiger partial charge in [0.1, 0.15) is 0 Å². The Hall–Kier alpha value is -0.740. The highest BCUT2D eigenvalue weighted by Gasteiger charge is 2.19. The number of unbranched alkanes of at least 4 members (excludes halogenated alkanes) is 2. The van der Waals surface area contributed by atoms with Gasteiger partial charge in [-0.25, -0.2) is 0 Å². The molecule has 1 aromatic rings. The second-order valence-corrected chi connectivity index (χ2v) is 5.73. The van der Waals surface area contributed by atoms with Crippen LogP contribution in [0.5, 0.6) is 5.75 Å². The first-order valence-corrected chi connectivity index (χ1v) is 7.68. The normalized spacial score (nSPS) is 22.3. The molecule has 0 amide bonds. The topological polar surface area (TPSA) is 53.1 Å². The monoisotopic (exact) mass is 301 g/mol. The molecule has 0 aromatic carbocycles. The number of hydrogen-bond acceptors (Lipinski definition) is 3. The van der Waals surface area contributed by atoms with E-state index in [-0.39, 0.29) is 12.4 Å². The average Bonchev–Trinajstić information content (AvgIpc) is 2.85. The van der Waals surface area contributed by atoms with E-state index in [0.29, 0.717) is 6.04 Å². The summed E-state index contributed by atoms with van der Waals surface area (Å²) in [5.41, 5.74) is 5.93. The Morgan fingerprint density at radius 2 is 2.05 bits per heavy atom. The third-order valence-electron chi connectivity index (χ3n) is 3.96. The molecule has 5 heteroatoms. The molecule has 0 radical (unpaired) electrons. The number of halogens is 1. The van der Waals surface area contributed by atoms with Gasteiger partial charge in [0.25, 0.3) is 0 Å². The van der Waals surface area contributed by atoms with E-state index >= 15 is 0 Å². The van der Waals surface area contributed by atoms with Crippen LogP contribution in [0.25, 0.3) is 0 Å². The fraction of sp³-hybridized carbons (Fsp3) is 0.800. The second-order valence-electron chi connectivity index (χ2n) is 5.73. The van der Waals surface area contributed by atoms with Gasteiger partial charge in [0, 0.05) is 12.6 Å². The minimum absolute atomic E-state index is 0. The maximum absolute atomic E-state index is 5.93. The highest BCUT2D eigenvalue weighted by molar-refractivity contribution is 5.85. The molecule has 1 fully saturated rings. The van der Waals surface area contributed by atoms with Crippen LogP contribution in [0.4, 0.5) is 0 Å². The van der Waals surface area contributed by atoms with Crippen LogP contribution >= 0.6 is 12.4 Å². The summed E-state index contributed by atoms with van der Waals surface area (Å²) in [6, 6.07) is 0.423. The smallest absolute Gasteiger partial charge is 0.157 e. The minimum Gasteiger partial charge on any atom is -0.490 e. The molecule has 0 aliphatic heterocycles. The molecule has 1 saturated carbocycles. The van der Waals surface area contributed by atoms with Gasteiger partial charge >= 0.3 is 0 Å². The molecule has 0 bridgehead atoms. The summed E-state index contributed by atoms with van der Waals surface area (Å²) < 4.78 is 7.72. The van der Waals surface area contributed by atoms with Crippen LogP contribution in [0, 0.1) is 5.92 Å². The summed E-state index contributed by atoms with van der Waals surface area (Å²) in [5.74, 6) is 1.64. The van der Waals surface area contributed by atoms with E-state index in [1.165, 1.54) is 25.7 Å². The summed E-state index contributed by atoms with van der Waals surface area (Å²) in [5, 5.41) is 4.39. The van der Waals surface area contributed by atoms with Crippen LogP contribution in [0.15, 0.2) is 12.4 Å². The predicted molar refractivity (Wildman–Crippen MR) is 84.4 cm³/mol. The number of hydrogen-bond donors (Lipinski definition) is 1. The van der Waals surface area contributed by atoms with Gasteiger partial charge in [0.2, 0.25) is 0 Å². The lowest BCUT2D eigenvalue weighted by Gasteiger charge is -2.25. The molecule has 116 valence electrons. The molecular weight excluding hydrogens is 274 g/mol. The highest BCUT2D eigenvalue weighted by atomic mass is 35.5. The molecular formula is C15H28ClN3O. The van der Waals surface area contributed by atoms with Crippen molar-refractivity contribution in [1.82, 2.24) is 9.78 Å². The summed E-state index contributed by atoms with van der Waals surface area (Å²) >= 11 is 0. The number of rotatable bonds is 7. The van der Waals surface area contributed by atoms with Gasteiger partial charge in [-0.15, -0.1) is 12.4 Å². The summed E-state index contributed by atoms with van der Waals surface area (Å²) in [6.07, 6.45) is 12.2. The summed E-state index contributed by atoms with van der Waals surface area (Å²) in [7, 11) is 0. The molecule has 4 nitrogen and oxygen atoms in total. The van der Waals surface area contributed by atoms with Gasteiger partial charge in [-0.3, -0.25) is 4.68 Å². The van der Waals surface area contributed by atoms with Crippen molar-refractivity contribution in [1.29, 1.82) is 0 Å². The van der Waals surface area contributed by atoms with E-state index < -0.39 is 0 Å². The van der Waals surface area contributed by atoms with Gasteiger partial charge in [-0.2, -0.15) is 5.10 Å². The van der Waals surface area contributed by atoms with Gasteiger partial charge in [-0.05, 0) is 38.0 Å². The second kappa shape index (κ2) is 9.24. The van der Waals surface area contributed by atoms with E-state index in [4.69, 9.17) is 10.5 Å². The van der Waals surface area contributed by atoms with E-state index in [2.05, 4.69) is 12.0 Å². The van der Waals surface area contributed by atoms with Crippen LogP contribution in [0.1, 0.15) is 51.9 Å². The summed E-state index contributed by atoms with van der Waals surface area (Å²) in [4.78, 5) is 0. The molecule has 1 aromatic heterocycles. The lowest BCUT2D eigenvalue weighted by atomic mass is 9.86. The lowest BCUT2D eigenvalue weighted by molar-refractivity contribution is 0.283. The van der Waals surface area contributed by atoms with Crippen molar-refractivity contribution in [2.45, 2.75) is 64.5 Å². The SMILES string of the molecule is CCCCCOc1cnn(CC2CCC(N)CC2)c1.Cl. The average molecular weight is 302 g/mol. The lowest BCUT2D eigenvalue weighted by Crippen LogP contribution is -2.28. The molecule has 1 heterocycles. The third-order valence-corrected chi connectivity index (χ3v) is 3.96. The van der Waals surface area contributed by atoms with Crippen LogP contribution in [0.3, 0.4) is 0 Å².